The minimum atomic E-state index is -0.626. The normalized spacial score (nSPS) is 22.0. The van der Waals surface area contributed by atoms with Crippen molar-refractivity contribution < 1.29 is 9.90 Å². The third kappa shape index (κ3) is 2.28. The van der Waals surface area contributed by atoms with E-state index in [1.54, 1.807) is 4.90 Å². The van der Waals surface area contributed by atoms with Gasteiger partial charge in [0.2, 0.25) is 5.91 Å². The first kappa shape index (κ1) is 12.0. The molecule has 0 spiro atoms. The third-order valence-electron chi connectivity index (χ3n) is 2.76. The molecule has 0 aliphatic carbocycles. The maximum atomic E-state index is 11.7. The molecule has 1 unspecified atom stereocenters. The molecule has 0 aromatic heterocycles. The van der Waals surface area contributed by atoms with Crippen LogP contribution in [0.15, 0.2) is 0 Å². The molecule has 1 saturated heterocycles. The minimum Gasteiger partial charge on any atom is -0.386 e. The Morgan fingerprint density at radius 2 is 2.07 bits per heavy atom. The van der Waals surface area contributed by atoms with Crippen molar-refractivity contribution in [3.63, 3.8) is 0 Å². The van der Waals surface area contributed by atoms with Gasteiger partial charge in [0.05, 0.1) is 23.5 Å². The maximum absolute atomic E-state index is 11.7. The Labute approximate surface area is 93.6 Å². The number of β-amino-alcohol motifs (C(OH)–C–C–N with tert-alkyl or cyclic N) is 1. The zero-order valence-corrected chi connectivity index (χ0v) is 10.5. The summed E-state index contributed by atoms with van der Waals surface area (Å²) in [5, 5.41) is 9.75. The molecule has 0 aromatic carbocycles. The summed E-state index contributed by atoms with van der Waals surface area (Å²) in [6.45, 7) is 6.91. The van der Waals surface area contributed by atoms with Crippen molar-refractivity contribution in [2.24, 2.45) is 5.92 Å². The number of amides is 1. The number of likely N-dealkylation sites (tertiary alicyclic amines) is 1. The van der Waals surface area contributed by atoms with Crippen LogP contribution in [0, 0.1) is 5.92 Å². The lowest BCUT2D eigenvalue weighted by Gasteiger charge is -2.47. The van der Waals surface area contributed by atoms with Gasteiger partial charge in [-0.25, -0.2) is 0 Å². The van der Waals surface area contributed by atoms with Crippen molar-refractivity contribution in [2.45, 2.75) is 37.6 Å². The molecule has 1 heterocycles. The van der Waals surface area contributed by atoms with Crippen molar-refractivity contribution in [2.75, 3.05) is 13.1 Å². The van der Waals surface area contributed by atoms with E-state index in [1.807, 2.05) is 20.8 Å². The molecule has 0 aromatic rings. The summed E-state index contributed by atoms with van der Waals surface area (Å²) in [7, 11) is 0. The molecule has 3 nitrogen and oxygen atoms in total. The molecule has 0 saturated carbocycles. The average Bonchev–Trinajstić information content (AvgIpc) is 2.10. The van der Waals surface area contributed by atoms with Crippen molar-refractivity contribution >= 4 is 21.8 Å². The molecule has 1 aliphatic heterocycles. The number of halogens is 1. The highest BCUT2D eigenvalue weighted by atomic mass is 79.9. The Morgan fingerprint density at radius 1 is 1.57 bits per heavy atom. The van der Waals surface area contributed by atoms with Gasteiger partial charge < -0.3 is 10.0 Å². The number of carbonyl (C=O) groups is 1. The zero-order chi connectivity index (χ0) is 10.9. The van der Waals surface area contributed by atoms with Crippen LogP contribution in [0.4, 0.5) is 0 Å². The summed E-state index contributed by atoms with van der Waals surface area (Å²) in [4.78, 5) is 13.3. The summed E-state index contributed by atoms with van der Waals surface area (Å²) < 4.78 is 0. The van der Waals surface area contributed by atoms with Crippen molar-refractivity contribution in [3.8, 4) is 0 Å². The van der Waals surface area contributed by atoms with E-state index in [4.69, 9.17) is 0 Å². The van der Waals surface area contributed by atoms with E-state index in [2.05, 4.69) is 15.9 Å². The van der Waals surface area contributed by atoms with Crippen LogP contribution in [0.5, 0.6) is 0 Å². The second-order valence-corrected chi connectivity index (χ2v) is 5.40. The number of hydrogen-bond acceptors (Lipinski definition) is 2. The van der Waals surface area contributed by atoms with Crippen LogP contribution in [0.3, 0.4) is 0 Å². The van der Waals surface area contributed by atoms with Gasteiger partial charge in [-0.2, -0.15) is 0 Å². The molecule has 1 aliphatic rings. The Hall–Kier alpha value is -0.0900. The minimum absolute atomic E-state index is 0.0955. The Bertz CT molecular complexity index is 224. The van der Waals surface area contributed by atoms with Crippen molar-refractivity contribution in [3.05, 3.63) is 0 Å². The van der Waals surface area contributed by atoms with Crippen LogP contribution in [0.2, 0.25) is 0 Å². The second-order valence-electron chi connectivity index (χ2n) is 4.42. The van der Waals surface area contributed by atoms with Gasteiger partial charge in [-0.1, -0.05) is 36.7 Å². The third-order valence-corrected chi connectivity index (χ3v) is 4.21. The Morgan fingerprint density at radius 3 is 2.43 bits per heavy atom. The van der Waals surface area contributed by atoms with E-state index in [1.165, 1.54) is 0 Å². The average molecular weight is 264 g/mol. The molecule has 0 radical (unpaired) electrons. The fourth-order valence-corrected chi connectivity index (χ4v) is 1.79. The molecule has 4 heteroatoms. The van der Waals surface area contributed by atoms with E-state index in [0.29, 0.717) is 19.5 Å². The summed E-state index contributed by atoms with van der Waals surface area (Å²) in [5.74, 6) is 0.385. The predicted molar refractivity (Wildman–Crippen MR) is 59.4 cm³/mol. The molecular formula is C10H18BrNO2. The van der Waals surface area contributed by atoms with Crippen molar-refractivity contribution in [1.82, 2.24) is 4.90 Å². The van der Waals surface area contributed by atoms with Gasteiger partial charge in [-0.3, -0.25) is 4.79 Å². The summed E-state index contributed by atoms with van der Waals surface area (Å²) in [6, 6.07) is 0. The monoisotopic (exact) mass is 263 g/mol. The van der Waals surface area contributed by atoms with Gasteiger partial charge in [0.1, 0.15) is 0 Å². The quantitative estimate of drug-likeness (QED) is 0.782. The van der Waals surface area contributed by atoms with Gasteiger partial charge in [-0.15, -0.1) is 0 Å². The number of aliphatic hydroxyl groups is 1. The molecule has 1 N–H and O–H groups in total. The van der Waals surface area contributed by atoms with E-state index in [9.17, 15) is 9.90 Å². The van der Waals surface area contributed by atoms with Crippen molar-refractivity contribution in [1.29, 1.82) is 0 Å². The number of alkyl halides is 1. The van der Waals surface area contributed by atoms with Gasteiger partial charge in [0, 0.05) is 0 Å². The van der Waals surface area contributed by atoms with Crippen LogP contribution in [-0.2, 0) is 4.79 Å². The van der Waals surface area contributed by atoms with Crippen LogP contribution < -0.4 is 0 Å². The highest BCUT2D eigenvalue weighted by molar-refractivity contribution is 9.10. The Balaban J connectivity index is 2.44. The lowest BCUT2D eigenvalue weighted by Crippen LogP contribution is -2.64. The highest BCUT2D eigenvalue weighted by Crippen LogP contribution is 2.27. The maximum Gasteiger partial charge on any atom is 0.236 e. The molecule has 1 rings (SSSR count). The SMILES string of the molecule is CCC1(O)CN(C(=O)C(Br)C(C)C)C1. The first-order valence-electron chi connectivity index (χ1n) is 5.05. The van der Waals surface area contributed by atoms with Crippen LogP contribution in [0.1, 0.15) is 27.2 Å². The summed E-state index contributed by atoms with van der Waals surface area (Å²) >= 11 is 3.37. The second kappa shape index (κ2) is 4.19. The summed E-state index contributed by atoms with van der Waals surface area (Å²) in [6.07, 6.45) is 0.714. The molecule has 1 fully saturated rings. The molecule has 1 amide bonds. The van der Waals surface area contributed by atoms with Crippen LogP contribution in [0.25, 0.3) is 0 Å². The lowest BCUT2D eigenvalue weighted by molar-refractivity contribution is -0.155. The fraction of sp³-hybridized carbons (Fsp3) is 0.900. The van der Waals surface area contributed by atoms with Gasteiger partial charge >= 0.3 is 0 Å². The van der Waals surface area contributed by atoms with E-state index in [0.717, 1.165) is 0 Å². The van der Waals surface area contributed by atoms with Gasteiger partial charge in [-0.05, 0) is 12.3 Å². The van der Waals surface area contributed by atoms with E-state index < -0.39 is 5.60 Å². The molecule has 0 bridgehead atoms. The smallest absolute Gasteiger partial charge is 0.236 e. The fourth-order valence-electron chi connectivity index (χ4n) is 1.50. The van der Waals surface area contributed by atoms with E-state index in [-0.39, 0.29) is 16.7 Å². The largest absolute Gasteiger partial charge is 0.386 e. The highest BCUT2D eigenvalue weighted by Gasteiger charge is 2.43. The van der Waals surface area contributed by atoms with E-state index >= 15 is 0 Å². The number of rotatable bonds is 3. The molecule has 14 heavy (non-hydrogen) atoms. The first-order chi connectivity index (χ1) is 6.39. The predicted octanol–water partition coefficient (Wildman–Crippen LogP) is 1.39. The summed E-state index contributed by atoms with van der Waals surface area (Å²) in [5.41, 5.74) is -0.626. The van der Waals surface area contributed by atoms with Crippen LogP contribution in [-0.4, -0.2) is 39.4 Å². The molecule has 1 atom stereocenters. The number of hydrogen-bond donors (Lipinski definition) is 1. The van der Waals surface area contributed by atoms with Gasteiger partial charge in [0.15, 0.2) is 0 Å². The Kier molecular flexibility index (Phi) is 3.58. The molecular weight excluding hydrogens is 246 g/mol. The van der Waals surface area contributed by atoms with Gasteiger partial charge in [0.25, 0.3) is 0 Å². The molecule has 82 valence electrons. The standard InChI is InChI=1S/C10H18BrNO2/c1-4-10(14)5-12(6-10)9(13)8(11)7(2)3/h7-8,14H,4-6H2,1-3H3. The number of nitrogens with zero attached hydrogens (tertiary/aromatic N) is 1. The zero-order valence-electron chi connectivity index (χ0n) is 8.96. The topological polar surface area (TPSA) is 40.5 Å². The van der Waals surface area contributed by atoms with Crippen LogP contribution >= 0.6 is 15.9 Å². The lowest BCUT2D eigenvalue weighted by atomic mass is 9.90. The number of carbonyl (C=O) groups excluding carboxylic acids is 1. The first-order valence-corrected chi connectivity index (χ1v) is 5.96.